The fourth-order valence-electron chi connectivity index (χ4n) is 0.796. The highest BCUT2D eigenvalue weighted by molar-refractivity contribution is 6.50. The largest absolute Gasteiger partial charge is 0.424 e. The van der Waals surface area contributed by atoms with Gasteiger partial charge in [-0.15, -0.1) is 11.6 Å². The lowest BCUT2D eigenvalue weighted by molar-refractivity contribution is 0.0412. The van der Waals surface area contributed by atoms with E-state index in [1.54, 1.807) is 30.3 Å². The lowest BCUT2D eigenvalue weighted by Crippen LogP contribution is -2.24. The third-order valence-corrected chi connectivity index (χ3v) is 2.48. The molecule has 0 saturated heterocycles. The Bertz CT molecular complexity index is 311. The number of halogens is 3. The zero-order valence-corrected chi connectivity index (χ0v) is 9.31. The average molecular weight is 254 g/mol. The minimum atomic E-state index is -1.67. The van der Waals surface area contributed by atoms with Crippen molar-refractivity contribution in [1.82, 2.24) is 0 Å². The van der Waals surface area contributed by atoms with Crippen LogP contribution < -0.4 is 0 Å². The molecule has 2 nitrogen and oxygen atoms in total. The molecule has 5 heteroatoms. The summed E-state index contributed by atoms with van der Waals surface area (Å²) in [6.45, 7) is 0. The zero-order chi connectivity index (χ0) is 10.6. The van der Waals surface area contributed by atoms with Crippen molar-refractivity contribution >= 4 is 40.8 Å². The van der Waals surface area contributed by atoms with E-state index in [4.69, 9.17) is 39.5 Å². The molecule has 0 atom stereocenters. The molecule has 1 rings (SSSR count). The number of benzene rings is 1. The third-order valence-electron chi connectivity index (χ3n) is 1.41. The highest BCUT2D eigenvalue weighted by Gasteiger charge is 2.28. The summed E-state index contributed by atoms with van der Waals surface area (Å²) < 4.78 is 3.06. The van der Waals surface area contributed by atoms with Crippen molar-refractivity contribution in [2.75, 3.05) is 5.88 Å². The number of rotatable bonds is 3. The molecule has 0 aromatic heterocycles. The van der Waals surface area contributed by atoms with E-state index in [-0.39, 0.29) is 5.88 Å². The number of hydrogen-bond acceptors (Lipinski definition) is 2. The Morgan fingerprint density at radius 1 is 1.29 bits per heavy atom. The van der Waals surface area contributed by atoms with E-state index < -0.39 is 10.5 Å². The molecule has 0 aliphatic heterocycles. The van der Waals surface area contributed by atoms with Crippen molar-refractivity contribution in [2.24, 2.45) is 0 Å². The van der Waals surface area contributed by atoms with Gasteiger partial charge >= 0.3 is 5.97 Å². The number of hydrogen-bond donors (Lipinski definition) is 0. The van der Waals surface area contributed by atoms with E-state index in [0.717, 1.165) is 0 Å². The number of carbonyl (C=O) groups is 1. The molecule has 0 heterocycles. The molecule has 0 aliphatic carbocycles. The molecule has 0 bridgehead atoms. The first kappa shape index (κ1) is 11.6. The standard InChI is InChI=1S/C9H7Cl3O2/c10-6-9(11,12)14-8(13)7-4-2-1-3-5-7/h1-5H,6H2. The summed E-state index contributed by atoms with van der Waals surface area (Å²) in [5.41, 5.74) is 0.378. The predicted molar refractivity (Wildman–Crippen MR) is 57.0 cm³/mol. The summed E-state index contributed by atoms with van der Waals surface area (Å²) >= 11 is 16.5. The highest BCUT2D eigenvalue weighted by atomic mass is 35.5. The summed E-state index contributed by atoms with van der Waals surface area (Å²) in [6.07, 6.45) is 0. The second-order valence-corrected chi connectivity index (χ2v) is 4.21. The predicted octanol–water partition coefficient (Wildman–Crippen LogP) is 3.21. The Labute approximate surface area is 96.7 Å². The van der Waals surface area contributed by atoms with Crippen molar-refractivity contribution in [2.45, 2.75) is 4.52 Å². The van der Waals surface area contributed by atoms with Crippen molar-refractivity contribution in [3.05, 3.63) is 35.9 Å². The lowest BCUT2D eigenvalue weighted by atomic mass is 10.2. The fourth-order valence-corrected chi connectivity index (χ4v) is 0.991. The van der Waals surface area contributed by atoms with Crippen LogP contribution in [0.3, 0.4) is 0 Å². The molecule has 0 unspecified atom stereocenters. The van der Waals surface area contributed by atoms with Gasteiger partial charge in [0.1, 0.15) is 0 Å². The zero-order valence-electron chi connectivity index (χ0n) is 7.04. The topological polar surface area (TPSA) is 26.3 Å². The van der Waals surface area contributed by atoms with Crippen LogP contribution in [0.2, 0.25) is 0 Å². The first-order valence-corrected chi connectivity index (χ1v) is 5.06. The van der Waals surface area contributed by atoms with Gasteiger partial charge in [-0.1, -0.05) is 41.4 Å². The SMILES string of the molecule is O=C(OC(Cl)(Cl)CCl)c1ccccc1. The smallest absolute Gasteiger partial charge is 0.340 e. The van der Waals surface area contributed by atoms with Gasteiger partial charge in [0.05, 0.1) is 11.4 Å². The summed E-state index contributed by atoms with van der Waals surface area (Å²) in [5, 5.41) is 0. The molecule has 0 amide bonds. The van der Waals surface area contributed by atoms with Crippen LogP contribution in [-0.2, 0) is 4.74 Å². The first-order chi connectivity index (χ1) is 6.55. The lowest BCUT2D eigenvalue weighted by Gasteiger charge is -2.16. The Balaban J connectivity index is 2.69. The number of alkyl halides is 3. The number of esters is 1. The first-order valence-electron chi connectivity index (χ1n) is 3.77. The van der Waals surface area contributed by atoms with Gasteiger partial charge in [0.15, 0.2) is 0 Å². The van der Waals surface area contributed by atoms with Crippen LogP contribution >= 0.6 is 34.8 Å². The van der Waals surface area contributed by atoms with Crippen molar-refractivity contribution in [3.63, 3.8) is 0 Å². The Morgan fingerprint density at radius 3 is 2.36 bits per heavy atom. The Kier molecular flexibility index (Phi) is 4.05. The number of carbonyl (C=O) groups excluding carboxylic acids is 1. The molecule has 76 valence electrons. The second kappa shape index (κ2) is 4.87. The van der Waals surface area contributed by atoms with Gasteiger partial charge in [-0.25, -0.2) is 4.79 Å². The summed E-state index contributed by atoms with van der Waals surface area (Å²) in [5.74, 6) is -0.787. The summed E-state index contributed by atoms with van der Waals surface area (Å²) in [6, 6.07) is 8.40. The van der Waals surface area contributed by atoms with E-state index in [1.165, 1.54) is 0 Å². The van der Waals surface area contributed by atoms with Gasteiger partial charge in [-0.2, -0.15) is 0 Å². The van der Waals surface area contributed by atoms with E-state index >= 15 is 0 Å². The van der Waals surface area contributed by atoms with Gasteiger partial charge < -0.3 is 4.74 Å². The van der Waals surface area contributed by atoms with Crippen LogP contribution in [0.5, 0.6) is 0 Å². The molecule has 0 aliphatic rings. The van der Waals surface area contributed by atoms with Gasteiger partial charge in [0.25, 0.3) is 4.52 Å². The molecular weight excluding hydrogens is 246 g/mol. The van der Waals surface area contributed by atoms with Crippen LogP contribution in [0.4, 0.5) is 0 Å². The normalized spacial score (nSPS) is 11.1. The van der Waals surface area contributed by atoms with E-state index in [1.807, 2.05) is 0 Å². The van der Waals surface area contributed by atoms with Crippen molar-refractivity contribution < 1.29 is 9.53 Å². The molecule has 0 fully saturated rings. The van der Waals surface area contributed by atoms with Crippen molar-refractivity contribution in [1.29, 1.82) is 0 Å². The van der Waals surface area contributed by atoms with Crippen LogP contribution in [-0.4, -0.2) is 16.4 Å². The molecule has 0 radical (unpaired) electrons. The molecule has 1 aromatic rings. The minimum Gasteiger partial charge on any atom is -0.424 e. The molecular formula is C9H7Cl3O2. The van der Waals surface area contributed by atoms with Crippen LogP contribution in [0, 0.1) is 0 Å². The maximum atomic E-state index is 11.4. The van der Waals surface area contributed by atoms with Crippen molar-refractivity contribution in [3.8, 4) is 0 Å². The maximum absolute atomic E-state index is 11.4. The van der Waals surface area contributed by atoms with Gasteiger partial charge in [0.2, 0.25) is 0 Å². The van der Waals surface area contributed by atoms with Crippen LogP contribution in [0.15, 0.2) is 30.3 Å². The third kappa shape index (κ3) is 3.37. The van der Waals surface area contributed by atoms with Gasteiger partial charge in [0, 0.05) is 0 Å². The van der Waals surface area contributed by atoms with Gasteiger partial charge in [-0.05, 0) is 12.1 Å². The Hall–Kier alpha value is -0.440. The molecule has 14 heavy (non-hydrogen) atoms. The van der Waals surface area contributed by atoms with E-state index in [2.05, 4.69) is 0 Å². The monoisotopic (exact) mass is 252 g/mol. The highest BCUT2D eigenvalue weighted by Crippen LogP contribution is 2.25. The van der Waals surface area contributed by atoms with E-state index in [0.29, 0.717) is 5.56 Å². The quantitative estimate of drug-likeness (QED) is 0.611. The number of ether oxygens (including phenoxy) is 1. The van der Waals surface area contributed by atoms with Crippen LogP contribution in [0.25, 0.3) is 0 Å². The van der Waals surface area contributed by atoms with Gasteiger partial charge in [-0.3, -0.25) is 0 Å². The Morgan fingerprint density at radius 2 is 1.86 bits per heavy atom. The average Bonchev–Trinajstić information content (AvgIpc) is 2.19. The minimum absolute atomic E-state index is 0.186. The molecule has 0 spiro atoms. The second-order valence-electron chi connectivity index (χ2n) is 2.53. The molecule has 0 N–H and O–H groups in total. The fraction of sp³-hybridized carbons (Fsp3) is 0.222. The van der Waals surface area contributed by atoms with E-state index in [9.17, 15) is 4.79 Å². The summed E-state index contributed by atoms with van der Waals surface area (Å²) in [4.78, 5) is 11.4. The van der Waals surface area contributed by atoms with Crippen LogP contribution in [0.1, 0.15) is 10.4 Å². The maximum Gasteiger partial charge on any atom is 0.340 e. The summed E-state index contributed by atoms with van der Waals surface area (Å²) in [7, 11) is 0. The molecule has 0 saturated carbocycles. The molecule has 1 aromatic carbocycles.